The van der Waals surface area contributed by atoms with E-state index in [4.69, 9.17) is 5.11 Å². The molecule has 0 aliphatic heterocycles. The van der Waals surface area contributed by atoms with Gasteiger partial charge in [-0.25, -0.2) is 0 Å². The average molecular weight is 129 g/mol. The van der Waals surface area contributed by atoms with Crippen molar-refractivity contribution in [2.45, 2.75) is 0 Å². The van der Waals surface area contributed by atoms with Crippen LogP contribution in [0.15, 0.2) is 12.2 Å². The van der Waals surface area contributed by atoms with E-state index in [1.807, 2.05) is 5.32 Å². The third-order valence-electron chi connectivity index (χ3n) is 0.576. The fourth-order valence-electron chi connectivity index (χ4n) is 0.266. The Morgan fingerprint density at radius 2 is 2.33 bits per heavy atom. The summed E-state index contributed by atoms with van der Waals surface area (Å²) in [5.74, 6) is -0.529. The normalized spacial score (nSPS) is 9.44. The third kappa shape index (κ3) is 4.70. The number of amides is 2. The van der Waals surface area contributed by atoms with Crippen LogP contribution in [-0.4, -0.2) is 24.0 Å². The molecule has 2 amide bonds. The maximum Gasteiger partial charge on any atom is 0.250 e. The van der Waals surface area contributed by atoms with Crippen molar-refractivity contribution in [3.8, 4) is 0 Å². The van der Waals surface area contributed by atoms with Crippen molar-refractivity contribution < 1.29 is 14.7 Å². The molecule has 2 N–H and O–H groups in total. The van der Waals surface area contributed by atoms with Gasteiger partial charge in [-0.3, -0.25) is 14.9 Å². The van der Waals surface area contributed by atoms with Crippen molar-refractivity contribution in [1.82, 2.24) is 5.32 Å². The van der Waals surface area contributed by atoms with E-state index in [9.17, 15) is 9.59 Å². The van der Waals surface area contributed by atoms with Gasteiger partial charge in [0.15, 0.2) is 0 Å². The number of carbonyl (C=O) groups is 2. The molecule has 4 heteroatoms. The van der Waals surface area contributed by atoms with E-state index >= 15 is 0 Å². The first-order valence-corrected chi connectivity index (χ1v) is 2.32. The number of rotatable bonds is 3. The highest BCUT2D eigenvalue weighted by atomic mass is 16.2. The second-order valence-electron chi connectivity index (χ2n) is 1.21. The summed E-state index contributed by atoms with van der Waals surface area (Å²) in [5.41, 5.74) is 0. The summed E-state index contributed by atoms with van der Waals surface area (Å²) in [5, 5.41) is 9.99. The molecule has 0 aromatic heterocycles. The van der Waals surface area contributed by atoms with Gasteiger partial charge in [0.2, 0.25) is 12.3 Å². The van der Waals surface area contributed by atoms with Gasteiger partial charge in [-0.1, -0.05) is 6.08 Å². The summed E-state index contributed by atoms with van der Waals surface area (Å²) >= 11 is 0. The Balaban J connectivity index is 3.49. The summed E-state index contributed by atoms with van der Waals surface area (Å²) in [7, 11) is 0. The first-order chi connectivity index (χ1) is 4.31. The molecule has 0 fully saturated rings. The van der Waals surface area contributed by atoms with E-state index in [0.717, 1.165) is 6.08 Å². The first-order valence-electron chi connectivity index (χ1n) is 2.32. The molecule has 0 bridgehead atoms. The zero-order valence-corrected chi connectivity index (χ0v) is 4.70. The molecule has 0 saturated heterocycles. The lowest BCUT2D eigenvalue weighted by atomic mass is 10.5. The number of nitrogens with one attached hydrogen (secondary N) is 1. The Bertz CT molecular complexity index is 130. The van der Waals surface area contributed by atoms with Gasteiger partial charge in [0.1, 0.15) is 0 Å². The van der Waals surface area contributed by atoms with Gasteiger partial charge in [-0.2, -0.15) is 0 Å². The van der Waals surface area contributed by atoms with Gasteiger partial charge < -0.3 is 5.11 Å². The van der Waals surface area contributed by atoms with Crippen molar-refractivity contribution in [3.05, 3.63) is 12.2 Å². The minimum Gasteiger partial charge on any atom is -0.392 e. The highest BCUT2D eigenvalue weighted by Crippen LogP contribution is 1.68. The summed E-state index contributed by atoms with van der Waals surface area (Å²) < 4.78 is 0. The molecule has 0 saturated carbocycles. The Hall–Kier alpha value is -1.16. The van der Waals surface area contributed by atoms with Crippen molar-refractivity contribution in [1.29, 1.82) is 0 Å². The van der Waals surface area contributed by atoms with Crippen LogP contribution >= 0.6 is 0 Å². The summed E-state index contributed by atoms with van der Waals surface area (Å²) in [4.78, 5) is 19.8. The molecular weight excluding hydrogens is 122 g/mol. The molecule has 0 aliphatic carbocycles. The molecule has 0 spiro atoms. The molecule has 0 atom stereocenters. The van der Waals surface area contributed by atoms with E-state index in [1.165, 1.54) is 6.08 Å². The van der Waals surface area contributed by atoms with Crippen molar-refractivity contribution >= 4 is 12.3 Å². The SMILES string of the molecule is O=CNC(=O)C=CCO. The van der Waals surface area contributed by atoms with Gasteiger partial charge in [0.25, 0.3) is 0 Å². The molecule has 9 heavy (non-hydrogen) atoms. The second-order valence-corrected chi connectivity index (χ2v) is 1.21. The van der Waals surface area contributed by atoms with Gasteiger partial charge >= 0.3 is 0 Å². The van der Waals surface area contributed by atoms with Gasteiger partial charge in [0, 0.05) is 6.08 Å². The maximum atomic E-state index is 10.3. The van der Waals surface area contributed by atoms with Gasteiger partial charge in [-0.15, -0.1) is 0 Å². The van der Waals surface area contributed by atoms with Crippen LogP contribution in [0.5, 0.6) is 0 Å². The molecule has 4 nitrogen and oxygen atoms in total. The van der Waals surface area contributed by atoms with Crippen LogP contribution in [0.2, 0.25) is 0 Å². The van der Waals surface area contributed by atoms with Gasteiger partial charge in [-0.05, 0) is 0 Å². The number of carbonyl (C=O) groups excluding carboxylic acids is 2. The standard InChI is InChI=1S/C5H7NO3/c7-3-1-2-5(9)6-4-8/h1-2,4,7H,3H2,(H,6,8,9). The van der Waals surface area contributed by atoms with Crippen molar-refractivity contribution in [2.75, 3.05) is 6.61 Å². The van der Waals surface area contributed by atoms with E-state index in [1.54, 1.807) is 0 Å². The fraction of sp³-hybridized carbons (Fsp3) is 0.200. The lowest BCUT2D eigenvalue weighted by Gasteiger charge is -1.84. The Kier molecular flexibility index (Phi) is 4.34. The third-order valence-corrected chi connectivity index (χ3v) is 0.576. The van der Waals surface area contributed by atoms with Crippen LogP contribution in [0.3, 0.4) is 0 Å². The number of hydrogen-bond acceptors (Lipinski definition) is 3. The van der Waals surface area contributed by atoms with Crippen LogP contribution in [-0.2, 0) is 9.59 Å². The van der Waals surface area contributed by atoms with Crippen LogP contribution in [0, 0.1) is 0 Å². The predicted octanol–water partition coefficient (Wildman–Crippen LogP) is -1.19. The summed E-state index contributed by atoms with van der Waals surface area (Å²) in [6, 6.07) is 0. The minimum absolute atomic E-state index is 0.202. The Morgan fingerprint density at radius 3 is 2.78 bits per heavy atom. The molecule has 0 aliphatic rings. The maximum absolute atomic E-state index is 10.3. The van der Waals surface area contributed by atoms with E-state index in [0.29, 0.717) is 0 Å². The molecule has 0 rings (SSSR count). The highest BCUT2D eigenvalue weighted by molar-refractivity contribution is 5.94. The number of aliphatic hydroxyl groups is 1. The monoisotopic (exact) mass is 129 g/mol. The summed E-state index contributed by atoms with van der Waals surface area (Å²) in [6.07, 6.45) is 2.59. The fourth-order valence-corrected chi connectivity index (χ4v) is 0.266. The molecule has 0 heterocycles. The zero-order chi connectivity index (χ0) is 7.11. The molecule has 0 unspecified atom stereocenters. The highest BCUT2D eigenvalue weighted by Gasteiger charge is 1.87. The second kappa shape index (κ2) is 4.99. The molecule has 0 aromatic carbocycles. The lowest BCUT2D eigenvalue weighted by Crippen LogP contribution is -2.18. The van der Waals surface area contributed by atoms with E-state index in [-0.39, 0.29) is 13.0 Å². The van der Waals surface area contributed by atoms with Crippen molar-refractivity contribution in [2.24, 2.45) is 0 Å². The lowest BCUT2D eigenvalue weighted by molar-refractivity contribution is -0.121. The van der Waals surface area contributed by atoms with Crippen LogP contribution in [0.1, 0.15) is 0 Å². The van der Waals surface area contributed by atoms with Crippen molar-refractivity contribution in [3.63, 3.8) is 0 Å². The number of hydrogen-bond donors (Lipinski definition) is 2. The molecule has 0 radical (unpaired) electrons. The minimum atomic E-state index is -0.529. The first kappa shape index (κ1) is 7.84. The largest absolute Gasteiger partial charge is 0.392 e. The van der Waals surface area contributed by atoms with Crippen LogP contribution < -0.4 is 5.32 Å². The summed E-state index contributed by atoms with van der Waals surface area (Å²) in [6.45, 7) is -0.202. The van der Waals surface area contributed by atoms with E-state index in [2.05, 4.69) is 0 Å². The molecule has 50 valence electrons. The molecular formula is C5H7NO3. The molecule has 0 aromatic rings. The Morgan fingerprint density at radius 1 is 1.67 bits per heavy atom. The quantitative estimate of drug-likeness (QED) is 0.372. The number of imide groups is 1. The van der Waals surface area contributed by atoms with Crippen LogP contribution in [0.25, 0.3) is 0 Å². The topological polar surface area (TPSA) is 66.4 Å². The number of aliphatic hydroxyl groups excluding tert-OH is 1. The Labute approximate surface area is 52.2 Å². The predicted molar refractivity (Wildman–Crippen MR) is 30.4 cm³/mol. The van der Waals surface area contributed by atoms with Gasteiger partial charge in [0.05, 0.1) is 6.61 Å². The zero-order valence-electron chi connectivity index (χ0n) is 4.70. The van der Waals surface area contributed by atoms with Crippen LogP contribution in [0.4, 0.5) is 0 Å². The average Bonchev–Trinajstić information content (AvgIpc) is 1.85. The smallest absolute Gasteiger partial charge is 0.250 e. The van der Waals surface area contributed by atoms with E-state index < -0.39 is 5.91 Å².